The average molecular weight is 380 g/mol. The second kappa shape index (κ2) is 8.72. The zero-order chi connectivity index (χ0) is 19.9. The number of ether oxygens (including phenoxy) is 3. The highest BCUT2D eigenvalue weighted by atomic mass is 16.5. The van der Waals surface area contributed by atoms with E-state index in [1.807, 2.05) is 24.3 Å². The minimum Gasteiger partial charge on any atom is -0.497 e. The summed E-state index contributed by atoms with van der Waals surface area (Å²) in [6.45, 7) is 0. The largest absolute Gasteiger partial charge is 0.497 e. The van der Waals surface area contributed by atoms with Crippen molar-refractivity contribution >= 4 is 23.2 Å². The SMILES string of the molecule is COc1ccc(Nc2ccc(NC(=O)c3ccc(OC)c(OC)c3)nn2)cc1. The van der Waals surface area contributed by atoms with E-state index in [9.17, 15) is 4.79 Å². The number of nitrogens with zero attached hydrogens (tertiary/aromatic N) is 2. The van der Waals surface area contributed by atoms with E-state index in [1.165, 1.54) is 14.2 Å². The van der Waals surface area contributed by atoms with Crippen LogP contribution in [0.1, 0.15) is 10.4 Å². The van der Waals surface area contributed by atoms with E-state index < -0.39 is 0 Å². The average Bonchev–Trinajstić information content (AvgIpc) is 2.75. The van der Waals surface area contributed by atoms with E-state index in [-0.39, 0.29) is 5.91 Å². The van der Waals surface area contributed by atoms with Crippen LogP contribution in [0.5, 0.6) is 17.2 Å². The number of nitrogens with one attached hydrogen (secondary N) is 2. The summed E-state index contributed by atoms with van der Waals surface area (Å²) >= 11 is 0. The van der Waals surface area contributed by atoms with Crippen molar-refractivity contribution in [3.63, 3.8) is 0 Å². The third kappa shape index (κ3) is 4.47. The zero-order valence-electron chi connectivity index (χ0n) is 15.7. The summed E-state index contributed by atoms with van der Waals surface area (Å²) in [6, 6.07) is 15.7. The summed E-state index contributed by atoms with van der Waals surface area (Å²) in [7, 11) is 4.66. The predicted octanol–water partition coefficient (Wildman–Crippen LogP) is 3.50. The molecule has 2 N–H and O–H groups in total. The topological polar surface area (TPSA) is 94.6 Å². The molecule has 0 radical (unpaired) electrons. The fourth-order valence-corrected chi connectivity index (χ4v) is 2.45. The summed E-state index contributed by atoms with van der Waals surface area (Å²) < 4.78 is 15.5. The summed E-state index contributed by atoms with van der Waals surface area (Å²) in [5, 5.41) is 13.9. The van der Waals surface area contributed by atoms with E-state index in [0.717, 1.165) is 11.4 Å². The van der Waals surface area contributed by atoms with Crippen LogP contribution in [0.2, 0.25) is 0 Å². The number of rotatable bonds is 7. The maximum atomic E-state index is 12.4. The molecule has 8 nitrogen and oxygen atoms in total. The lowest BCUT2D eigenvalue weighted by Crippen LogP contribution is -2.13. The van der Waals surface area contributed by atoms with E-state index in [1.54, 1.807) is 37.4 Å². The van der Waals surface area contributed by atoms with Crippen LogP contribution in [-0.4, -0.2) is 37.4 Å². The number of anilines is 3. The van der Waals surface area contributed by atoms with Gasteiger partial charge in [-0.25, -0.2) is 0 Å². The van der Waals surface area contributed by atoms with Gasteiger partial charge in [0.2, 0.25) is 0 Å². The molecular formula is C20H20N4O4. The second-order valence-electron chi connectivity index (χ2n) is 5.68. The fourth-order valence-electron chi connectivity index (χ4n) is 2.45. The first-order chi connectivity index (χ1) is 13.6. The molecule has 0 saturated heterocycles. The first-order valence-electron chi connectivity index (χ1n) is 8.41. The van der Waals surface area contributed by atoms with Crippen molar-refractivity contribution in [2.45, 2.75) is 0 Å². The number of methoxy groups -OCH3 is 3. The van der Waals surface area contributed by atoms with Crippen LogP contribution in [0, 0.1) is 0 Å². The van der Waals surface area contributed by atoms with E-state index in [4.69, 9.17) is 14.2 Å². The van der Waals surface area contributed by atoms with Gasteiger partial charge in [0.05, 0.1) is 21.3 Å². The van der Waals surface area contributed by atoms with Gasteiger partial charge in [0.1, 0.15) is 5.75 Å². The highest BCUT2D eigenvalue weighted by Crippen LogP contribution is 2.27. The van der Waals surface area contributed by atoms with Gasteiger partial charge < -0.3 is 24.8 Å². The van der Waals surface area contributed by atoms with Gasteiger partial charge >= 0.3 is 0 Å². The Morgan fingerprint density at radius 3 is 2.07 bits per heavy atom. The number of carbonyl (C=O) groups excluding carboxylic acids is 1. The van der Waals surface area contributed by atoms with Crippen LogP contribution in [0.3, 0.4) is 0 Å². The molecule has 0 spiro atoms. The van der Waals surface area contributed by atoms with Gasteiger partial charge in [0, 0.05) is 11.3 Å². The molecule has 0 aliphatic carbocycles. The molecule has 0 atom stereocenters. The number of aromatic nitrogens is 2. The Balaban J connectivity index is 1.65. The molecule has 0 aliphatic rings. The number of carbonyl (C=O) groups is 1. The standard InChI is InChI=1S/C20H20N4O4/c1-26-15-7-5-14(6-8-15)21-18-10-11-19(24-23-18)22-20(25)13-4-9-16(27-2)17(12-13)28-3/h4-12H,1-3H3,(H,21,23)(H,22,24,25). The van der Waals surface area contributed by atoms with Crippen LogP contribution in [0.4, 0.5) is 17.3 Å². The molecule has 28 heavy (non-hydrogen) atoms. The maximum absolute atomic E-state index is 12.4. The molecule has 0 saturated carbocycles. The summed E-state index contributed by atoms with van der Waals surface area (Å²) in [5.41, 5.74) is 1.26. The summed E-state index contributed by atoms with van der Waals surface area (Å²) in [5.74, 6) is 2.35. The minimum absolute atomic E-state index is 0.328. The molecule has 0 unspecified atom stereocenters. The van der Waals surface area contributed by atoms with Crippen LogP contribution < -0.4 is 24.8 Å². The Morgan fingerprint density at radius 1 is 0.786 bits per heavy atom. The van der Waals surface area contributed by atoms with Gasteiger partial charge in [0.15, 0.2) is 23.1 Å². The predicted molar refractivity (Wildman–Crippen MR) is 106 cm³/mol. The fraction of sp³-hybridized carbons (Fsp3) is 0.150. The second-order valence-corrected chi connectivity index (χ2v) is 5.68. The first-order valence-corrected chi connectivity index (χ1v) is 8.41. The highest BCUT2D eigenvalue weighted by molar-refractivity contribution is 6.04. The van der Waals surface area contributed by atoms with Crippen LogP contribution in [0.15, 0.2) is 54.6 Å². The quantitative estimate of drug-likeness (QED) is 0.648. The van der Waals surface area contributed by atoms with Gasteiger partial charge in [-0.1, -0.05) is 0 Å². The Bertz CT molecular complexity index is 943. The first kappa shape index (κ1) is 19.0. The van der Waals surface area contributed by atoms with Gasteiger partial charge in [-0.15, -0.1) is 10.2 Å². The summed E-state index contributed by atoms with van der Waals surface area (Å²) in [4.78, 5) is 12.4. The molecule has 2 aromatic carbocycles. The Hall–Kier alpha value is -3.81. The van der Waals surface area contributed by atoms with Gasteiger partial charge in [0.25, 0.3) is 5.91 Å². The molecule has 0 aliphatic heterocycles. The molecule has 1 amide bonds. The molecule has 3 aromatic rings. The van der Waals surface area contributed by atoms with Crippen molar-refractivity contribution in [1.82, 2.24) is 10.2 Å². The third-order valence-corrected chi connectivity index (χ3v) is 3.91. The van der Waals surface area contributed by atoms with Crippen LogP contribution in [-0.2, 0) is 0 Å². The van der Waals surface area contributed by atoms with Crippen molar-refractivity contribution < 1.29 is 19.0 Å². The maximum Gasteiger partial charge on any atom is 0.257 e. The third-order valence-electron chi connectivity index (χ3n) is 3.91. The van der Waals surface area contributed by atoms with E-state index >= 15 is 0 Å². The molecule has 0 bridgehead atoms. The van der Waals surface area contributed by atoms with Gasteiger partial charge in [-0.2, -0.15) is 0 Å². The van der Waals surface area contributed by atoms with E-state index in [0.29, 0.717) is 28.7 Å². The minimum atomic E-state index is -0.328. The lowest BCUT2D eigenvalue weighted by atomic mass is 10.2. The van der Waals surface area contributed by atoms with E-state index in [2.05, 4.69) is 20.8 Å². The molecular weight excluding hydrogens is 360 g/mol. The highest BCUT2D eigenvalue weighted by Gasteiger charge is 2.12. The number of amides is 1. The van der Waals surface area contributed by atoms with Crippen molar-refractivity contribution in [2.75, 3.05) is 32.0 Å². The summed E-state index contributed by atoms with van der Waals surface area (Å²) in [6.07, 6.45) is 0. The molecule has 1 aromatic heterocycles. The smallest absolute Gasteiger partial charge is 0.257 e. The zero-order valence-corrected chi connectivity index (χ0v) is 15.7. The van der Waals surface area contributed by atoms with Gasteiger partial charge in [-0.3, -0.25) is 4.79 Å². The van der Waals surface area contributed by atoms with Crippen molar-refractivity contribution in [3.8, 4) is 17.2 Å². The normalized spacial score (nSPS) is 10.1. The van der Waals surface area contributed by atoms with Crippen LogP contribution in [0.25, 0.3) is 0 Å². The molecule has 1 heterocycles. The van der Waals surface area contributed by atoms with Crippen molar-refractivity contribution in [3.05, 3.63) is 60.2 Å². The lowest BCUT2D eigenvalue weighted by Gasteiger charge is -2.10. The lowest BCUT2D eigenvalue weighted by molar-refractivity contribution is 0.102. The van der Waals surface area contributed by atoms with Crippen LogP contribution >= 0.6 is 0 Å². The number of hydrogen-bond acceptors (Lipinski definition) is 7. The molecule has 0 fully saturated rings. The monoisotopic (exact) mass is 380 g/mol. The van der Waals surface area contributed by atoms with Gasteiger partial charge in [-0.05, 0) is 54.6 Å². The Morgan fingerprint density at radius 2 is 1.46 bits per heavy atom. The number of benzene rings is 2. The molecule has 3 rings (SSSR count). The molecule has 144 valence electrons. The molecule has 8 heteroatoms. The number of hydrogen-bond donors (Lipinski definition) is 2. The Labute approximate surface area is 162 Å². The Kier molecular flexibility index (Phi) is 5.91. The van der Waals surface area contributed by atoms with Crippen molar-refractivity contribution in [1.29, 1.82) is 0 Å². The van der Waals surface area contributed by atoms with Crippen molar-refractivity contribution in [2.24, 2.45) is 0 Å².